The summed E-state index contributed by atoms with van der Waals surface area (Å²) in [5.41, 5.74) is 9.13. The Hall–Kier alpha value is -3.02. The average molecular weight is 380 g/mol. The number of fused-ring (bicyclic) bond motifs is 2. The smallest absolute Gasteiger partial charge is 0.328 e. The molecule has 0 spiro atoms. The molecule has 0 radical (unpaired) electrons. The molecule has 2 heterocycles. The predicted molar refractivity (Wildman–Crippen MR) is 114 cm³/mol. The van der Waals surface area contributed by atoms with E-state index < -0.39 is 0 Å². The molecule has 0 amide bonds. The van der Waals surface area contributed by atoms with Crippen LogP contribution in [0.4, 0.5) is 0 Å². The summed E-state index contributed by atoms with van der Waals surface area (Å²) in [6, 6.07) is 9.01. The van der Waals surface area contributed by atoms with Gasteiger partial charge in [-0.15, -0.1) is 0 Å². The summed E-state index contributed by atoms with van der Waals surface area (Å²) in [4.78, 5) is 16.0. The molecule has 0 unspecified atom stereocenters. The van der Waals surface area contributed by atoms with E-state index in [-0.39, 0.29) is 5.69 Å². The van der Waals surface area contributed by atoms with Crippen molar-refractivity contribution in [2.24, 2.45) is 21.1 Å². The van der Waals surface area contributed by atoms with Crippen LogP contribution in [-0.4, -0.2) is 25.8 Å². The van der Waals surface area contributed by atoms with Gasteiger partial charge < -0.3 is 4.74 Å². The number of aromatic nitrogens is 4. The maximum atomic E-state index is 11.6. The van der Waals surface area contributed by atoms with Crippen LogP contribution in [0.2, 0.25) is 0 Å². The van der Waals surface area contributed by atoms with E-state index in [0.29, 0.717) is 6.01 Å². The Bertz CT molecular complexity index is 1190. The second kappa shape index (κ2) is 7.19. The second-order valence-corrected chi connectivity index (χ2v) is 7.41. The van der Waals surface area contributed by atoms with Crippen molar-refractivity contribution in [1.82, 2.24) is 18.7 Å². The highest BCUT2D eigenvalue weighted by Crippen LogP contribution is 2.22. The molecule has 0 N–H and O–H groups in total. The zero-order valence-electron chi connectivity index (χ0n) is 17.9. The monoisotopic (exact) mass is 380 g/mol. The summed E-state index contributed by atoms with van der Waals surface area (Å²) in [7, 11) is 7.21. The number of aryl methyl sites for hydroxylation is 7. The van der Waals surface area contributed by atoms with Crippen molar-refractivity contribution in [2.45, 2.75) is 27.7 Å². The van der Waals surface area contributed by atoms with Crippen LogP contribution < -0.4 is 10.4 Å². The van der Waals surface area contributed by atoms with Crippen molar-refractivity contribution < 1.29 is 4.74 Å². The molecule has 0 aliphatic heterocycles. The SMILES string of the molecule is COc1nc2cc(C)c(C)cc2n1C.Cc1cc2c(cc1C)n(C)c(=O)n2C. The van der Waals surface area contributed by atoms with Gasteiger partial charge in [0.2, 0.25) is 0 Å². The Morgan fingerprint density at radius 3 is 1.61 bits per heavy atom. The summed E-state index contributed by atoms with van der Waals surface area (Å²) in [6.45, 7) is 8.32. The Morgan fingerprint density at radius 1 is 0.714 bits per heavy atom. The number of methoxy groups -OCH3 is 1. The van der Waals surface area contributed by atoms with Crippen molar-refractivity contribution in [3.63, 3.8) is 0 Å². The van der Waals surface area contributed by atoms with E-state index in [2.05, 4.69) is 56.9 Å². The molecule has 6 nitrogen and oxygen atoms in total. The maximum absolute atomic E-state index is 11.6. The predicted octanol–water partition coefficient (Wildman–Crippen LogP) is 3.69. The van der Waals surface area contributed by atoms with E-state index >= 15 is 0 Å². The molecule has 0 saturated carbocycles. The number of rotatable bonds is 1. The fraction of sp³-hybridized carbons (Fsp3) is 0.364. The van der Waals surface area contributed by atoms with Crippen LogP contribution in [0.1, 0.15) is 22.3 Å². The molecule has 4 aromatic rings. The van der Waals surface area contributed by atoms with E-state index in [1.165, 1.54) is 22.3 Å². The number of ether oxygens (including phenoxy) is 1. The molecular weight excluding hydrogens is 352 g/mol. The zero-order valence-corrected chi connectivity index (χ0v) is 17.9. The highest BCUT2D eigenvalue weighted by molar-refractivity contribution is 5.79. The first-order valence-corrected chi connectivity index (χ1v) is 9.26. The number of nitrogens with zero attached hydrogens (tertiary/aromatic N) is 4. The lowest BCUT2D eigenvalue weighted by Crippen LogP contribution is -2.19. The van der Waals surface area contributed by atoms with Crippen molar-refractivity contribution in [1.29, 1.82) is 0 Å². The Kier molecular flexibility index (Phi) is 5.06. The highest BCUT2D eigenvalue weighted by Gasteiger charge is 2.09. The third kappa shape index (κ3) is 3.19. The minimum atomic E-state index is 0.0324. The maximum Gasteiger partial charge on any atom is 0.328 e. The molecule has 0 aliphatic carbocycles. The molecule has 4 rings (SSSR count). The highest BCUT2D eigenvalue weighted by atomic mass is 16.5. The van der Waals surface area contributed by atoms with E-state index in [1.54, 1.807) is 30.3 Å². The lowest BCUT2D eigenvalue weighted by atomic mass is 10.1. The molecule has 148 valence electrons. The molecule has 0 aliphatic rings. The summed E-state index contributed by atoms with van der Waals surface area (Å²) in [5.74, 6) is 0. The number of imidazole rings is 2. The summed E-state index contributed by atoms with van der Waals surface area (Å²) in [5, 5.41) is 0. The van der Waals surface area contributed by atoms with E-state index in [9.17, 15) is 4.79 Å². The van der Waals surface area contributed by atoms with Crippen LogP contribution in [-0.2, 0) is 21.1 Å². The fourth-order valence-electron chi connectivity index (χ4n) is 3.36. The summed E-state index contributed by atoms with van der Waals surface area (Å²) >= 11 is 0. The minimum Gasteiger partial charge on any atom is -0.468 e. The summed E-state index contributed by atoms with van der Waals surface area (Å²) < 4.78 is 10.5. The van der Waals surface area contributed by atoms with Gasteiger partial charge in [-0.25, -0.2) is 4.79 Å². The first kappa shape index (κ1) is 19.7. The number of hydrogen-bond donors (Lipinski definition) is 0. The molecule has 2 aromatic carbocycles. The molecule has 2 aromatic heterocycles. The van der Waals surface area contributed by atoms with Gasteiger partial charge in [0.25, 0.3) is 6.01 Å². The van der Waals surface area contributed by atoms with Crippen molar-refractivity contribution in [3.8, 4) is 6.01 Å². The first-order valence-electron chi connectivity index (χ1n) is 9.26. The lowest BCUT2D eigenvalue weighted by molar-refractivity contribution is 0.368. The van der Waals surface area contributed by atoms with Gasteiger partial charge in [-0.1, -0.05) is 0 Å². The van der Waals surface area contributed by atoms with Gasteiger partial charge in [0.15, 0.2) is 0 Å². The van der Waals surface area contributed by atoms with E-state index in [0.717, 1.165) is 22.1 Å². The van der Waals surface area contributed by atoms with Crippen LogP contribution in [0.15, 0.2) is 29.1 Å². The van der Waals surface area contributed by atoms with Gasteiger partial charge in [-0.2, -0.15) is 4.98 Å². The molecule has 0 saturated heterocycles. The quantitative estimate of drug-likeness (QED) is 0.506. The lowest BCUT2D eigenvalue weighted by Gasteiger charge is -2.01. The van der Waals surface area contributed by atoms with Crippen molar-refractivity contribution in [2.75, 3.05) is 7.11 Å². The molecule has 0 bridgehead atoms. The third-order valence-corrected chi connectivity index (χ3v) is 5.53. The fourth-order valence-corrected chi connectivity index (χ4v) is 3.36. The van der Waals surface area contributed by atoms with E-state index in [4.69, 9.17) is 4.74 Å². The van der Waals surface area contributed by atoms with Crippen LogP contribution in [0.3, 0.4) is 0 Å². The Morgan fingerprint density at radius 2 is 1.14 bits per heavy atom. The number of hydrogen-bond acceptors (Lipinski definition) is 3. The van der Waals surface area contributed by atoms with Crippen LogP contribution in [0.25, 0.3) is 22.1 Å². The molecule has 0 atom stereocenters. The Labute approximate surface area is 165 Å². The molecule has 6 heteroatoms. The van der Waals surface area contributed by atoms with Crippen molar-refractivity contribution >= 4 is 22.1 Å². The van der Waals surface area contributed by atoms with Gasteiger partial charge in [0, 0.05) is 21.1 Å². The third-order valence-electron chi connectivity index (χ3n) is 5.53. The standard InChI is InChI=1S/2C11H14N2O/c1-7-5-9-10(6-8(7)2)13(3)11(12-9)14-4;1-7-5-9-10(6-8(7)2)13(4)11(14)12(9)3/h2*5-6H,1-4H3. The zero-order chi connectivity index (χ0) is 20.7. The van der Waals surface area contributed by atoms with Gasteiger partial charge >= 0.3 is 5.69 Å². The molecule has 0 fully saturated rings. The minimum absolute atomic E-state index is 0.0324. The van der Waals surface area contributed by atoms with Gasteiger partial charge in [0.05, 0.1) is 29.2 Å². The largest absolute Gasteiger partial charge is 0.468 e. The molecular formula is C22H28N4O2. The van der Waals surface area contributed by atoms with Gasteiger partial charge in [-0.05, 0) is 74.2 Å². The topological polar surface area (TPSA) is 54.0 Å². The second-order valence-electron chi connectivity index (χ2n) is 7.41. The average Bonchev–Trinajstić information content (AvgIpc) is 3.07. The summed E-state index contributed by atoms with van der Waals surface area (Å²) in [6.07, 6.45) is 0. The van der Waals surface area contributed by atoms with Crippen LogP contribution in [0.5, 0.6) is 6.01 Å². The van der Waals surface area contributed by atoms with Gasteiger partial charge in [-0.3, -0.25) is 13.7 Å². The normalized spacial score (nSPS) is 11.0. The van der Waals surface area contributed by atoms with Crippen molar-refractivity contribution in [3.05, 3.63) is 57.0 Å². The van der Waals surface area contributed by atoms with Crippen LogP contribution >= 0.6 is 0 Å². The van der Waals surface area contributed by atoms with Gasteiger partial charge in [0.1, 0.15) is 0 Å². The van der Waals surface area contributed by atoms with E-state index in [1.807, 2.05) is 11.6 Å². The number of benzene rings is 2. The van der Waals surface area contributed by atoms with Crippen LogP contribution in [0, 0.1) is 27.7 Å². The Balaban J connectivity index is 0.000000161. The first-order chi connectivity index (χ1) is 13.1. The molecule has 28 heavy (non-hydrogen) atoms.